The summed E-state index contributed by atoms with van der Waals surface area (Å²) in [4.78, 5) is 0. The van der Waals surface area contributed by atoms with Gasteiger partial charge in [0.2, 0.25) is 0 Å². The molecule has 0 aromatic carbocycles. The van der Waals surface area contributed by atoms with E-state index in [0.717, 1.165) is 44.8 Å². The van der Waals surface area contributed by atoms with Crippen molar-refractivity contribution in [1.82, 2.24) is 5.32 Å². The number of furan rings is 1. The Balaban J connectivity index is 2.02. The fourth-order valence-corrected chi connectivity index (χ4v) is 3.25. The molecule has 1 fully saturated rings. The fraction of sp³-hybridized carbons (Fsp3) is 0.692. The minimum Gasteiger partial charge on any atom is -0.467 e. The average molecular weight is 221 g/mol. The Morgan fingerprint density at radius 1 is 1.56 bits per heavy atom. The highest BCUT2D eigenvalue weighted by molar-refractivity contribution is 5.29. The first kappa shape index (κ1) is 10.4. The Bertz CT molecular complexity index is 368. The van der Waals surface area contributed by atoms with E-state index in [4.69, 9.17) is 9.15 Å². The molecular formula is C13H19NO2. The summed E-state index contributed by atoms with van der Waals surface area (Å²) in [6.45, 7) is 5.05. The Morgan fingerprint density at radius 2 is 2.50 bits per heavy atom. The van der Waals surface area contributed by atoms with Gasteiger partial charge in [0.15, 0.2) is 0 Å². The van der Waals surface area contributed by atoms with Crippen LogP contribution in [0.15, 0.2) is 16.7 Å². The van der Waals surface area contributed by atoms with Gasteiger partial charge in [-0.25, -0.2) is 0 Å². The van der Waals surface area contributed by atoms with E-state index in [1.54, 1.807) is 0 Å². The summed E-state index contributed by atoms with van der Waals surface area (Å²) >= 11 is 0. The van der Waals surface area contributed by atoms with Crippen LogP contribution in [-0.2, 0) is 16.7 Å². The van der Waals surface area contributed by atoms with Gasteiger partial charge in [0.05, 0.1) is 18.4 Å². The molecule has 0 saturated carbocycles. The van der Waals surface area contributed by atoms with Gasteiger partial charge in [0.25, 0.3) is 0 Å². The third kappa shape index (κ3) is 1.35. The predicted octanol–water partition coefficient (Wildman–Crippen LogP) is 2.07. The lowest BCUT2D eigenvalue weighted by molar-refractivity contribution is 0.118. The number of nitrogens with one attached hydrogen (secondary N) is 1. The van der Waals surface area contributed by atoms with E-state index < -0.39 is 0 Å². The van der Waals surface area contributed by atoms with E-state index in [1.165, 1.54) is 5.56 Å². The average Bonchev–Trinajstić information content (AvgIpc) is 2.99. The number of hydrogen-bond acceptors (Lipinski definition) is 3. The molecule has 3 nitrogen and oxygen atoms in total. The number of rotatable bonds is 2. The molecule has 0 radical (unpaired) electrons. The van der Waals surface area contributed by atoms with Gasteiger partial charge in [0, 0.05) is 19.1 Å². The van der Waals surface area contributed by atoms with Crippen molar-refractivity contribution in [3.05, 3.63) is 23.7 Å². The molecule has 3 heteroatoms. The Kier molecular flexibility index (Phi) is 2.52. The maximum Gasteiger partial charge on any atom is 0.127 e. The number of hydrogen-bond donors (Lipinski definition) is 1. The molecule has 1 aromatic heterocycles. The molecule has 3 rings (SSSR count). The highest BCUT2D eigenvalue weighted by Crippen LogP contribution is 2.41. The van der Waals surface area contributed by atoms with Crippen LogP contribution in [0.25, 0.3) is 0 Å². The monoisotopic (exact) mass is 221 g/mol. The second kappa shape index (κ2) is 3.90. The highest BCUT2D eigenvalue weighted by Gasteiger charge is 2.45. The molecular weight excluding hydrogens is 202 g/mol. The quantitative estimate of drug-likeness (QED) is 0.830. The van der Waals surface area contributed by atoms with Crippen molar-refractivity contribution in [3.63, 3.8) is 0 Å². The van der Waals surface area contributed by atoms with E-state index in [-0.39, 0.29) is 5.54 Å². The van der Waals surface area contributed by atoms with Crippen LogP contribution in [0.1, 0.15) is 31.1 Å². The maximum atomic E-state index is 5.76. The van der Waals surface area contributed by atoms with Gasteiger partial charge in [-0.3, -0.25) is 0 Å². The third-order valence-electron chi connectivity index (χ3n) is 4.17. The molecule has 0 aliphatic carbocycles. The van der Waals surface area contributed by atoms with E-state index in [1.807, 2.05) is 6.26 Å². The van der Waals surface area contributed by atoms with Crippen molar-refractivity contribution in [3.8, 4) is 0 Å². The van der Waals surface area contributed by atoms with E-state index in [9.17, 15) is 0 Å². The molecule has 16 heavy (non-hydrogen) atoms. The first-order chi connectivity index (χ1) is 7.87. The summed E-state index contributed by atoms with van der Waals surface area (Å²) in [6, 6.07) is 2.12. The molecule has 0 amide bonds. The Morgan fingerprint density at radius 3 is 3.25 bits per heavy atom. The minimum atomic E-state index is 0.0214. The smallest absolute Gasteiger partial charge is 0.127 e. The highest BCUT2D eigenvalue weighted by atomic mass is 16.5. The van der Waals surface area contributed by atoms with Crippen LogP contribution < -0.4 is 5.32 Å². The zero-order chi connectivity index (χ0) is 11.0. The van der Waals surface area contributed by atoms with Crippen LogP contribution in [0.4, 0.5) is 0 Å². The van der Waals surface area contributed by atoms with Gasteiger partial charge < -0.3 is 14.5 Å². The molecule has 0 bridgehead atoms. The molecule has 0 spiro atoms. The molecule has 3 heterocycles. The molecule has 1 N–H and O–H groups in total. The van der Waals surface area contributed by atoms with Crippen molar-refractivity contribution < 1.29 is 9.15 Å². The van der Waals surface area contributed by atoms with Crippen molar-refractivity contribution in [2.45, 2.75) is 31.7 Å². The van der Waals surface area contributed by atoms with Crippen molar-refractivity contribution in [2.75, 3.05) is 19.8 Å². The van der Waals surface area contributed by atoms with Crippen LogP contribution in [0.5, 0.6) is 0 Å². The number of ether oxygens (including phenoxy) is 1. The lowest BCUT2D eigenvalue weighted by atomic mass is 9.75. The van der Waals surface area contributed by atoms with Crippen LogP contribution in [0.3, 0.4) is 0 Å². The summed E-state index contributed by atoms with van der Waals surface area (Å²) in [5.74, 6) is 1.72. The molecule has 2 unspecified atom stereocenters. The third-order valence-corrected chi connectivity index (χ3v) is 4.17. The van der Waals surface area contributed by atoms with E-state index in [0.29, 0.717) is 5.92 Å². The SMILES string of the molecule is CCC1(C2CCOC2)NCCc2ccoc21. The zero-order valence-electron chi connectivity index (χ0n) is 9.79. The van der Waals surface area contributed by atoms with Crippen molar-refractivity contribution in [2.24, 2.45) is 5.92 Å². The van der Waals surface area contributed by atoms with Crippen LogP contribution >= 0.6 is 0 Å². The van der Waals surface area contributed by atoms with Gasteiger partial charge in [-0.2, -0.15) is 0 Å². The molecule has 2 aliphatic rings. The van der Waals surface area contributed by atoms with Gasteiger partial charge in [-0.1, -0.05) is 6.92 Å². The number of fused-ring (bicyclic) bond motifs is 1. The second-order valence-corrected chi connectivity index (χ2v) is 4.84. The lowest BCUT2D eigenvalue weighted by Crippen LogP contribution is -2.52. The normalized spacial score (nSPS) is 33.9. The van der Waals surface area contributed by atoms with Crippen LogP contribution in [0.2, 0.25) is 0 Å². The van der Waals surface area contributed by atoms with Crippen LogP contribution in [0, 0.1) is 5.92 Å². The van der Waals surface area contributed by atoms with Crippen molar-refractivity contribution in [1.29, 1.82) is 0 Å². The molecule has 2 atom stereocenters. The van der Waals surface area contributed by atoms with E-state index >= 15 is 0 Å². The first-order valence-corrected chi connectivity index (χ1v) is 6.26. The standard InChI is InChI=1S/C13H19NO2/c1-2-13(11-5-7-15-9-11)12-10(3-6-14-13)4-8-16-12/h4,8,11,14H,2-3,5-7,9H2,1H3. The molecule has 88 valence electrons. The van der Waals surface area contributed by atoms with Crippen LogP contribution in [-0.4, -0.2) is 19.8 Å². The van der Waals surface area contributed by atoms with Gasteiger partial charge in [-0.15, -0.1) is 0 Å². The first-order valence-electron chi connectivity index (χ1n) is 6.26. The summed E-state index contributed by atoms with van der Waals surface area (Å²) in [5, 5.41) is 3.69. The second-order valence-electron chi connectivity index (χ2n) is 4.84. The summed E-state index contributed by atoms with van der Waals surface area (Å²) < 4.78 is 11.3. The van der Waals surface area contributed by atoms with Gasteiger partial charge in [0.1, 0.15) is 5.76 Å². The van der Waals surface area contributed by atoms with Crippen molar-refractivity contribution >= 4 is 0 Å². The summed E-state index contributed by atoms with van der Waals surface area (Å²) in [7, 11) is 0. The summed E-state index contributed by atoms with van der Waals surface area (Å²) in [5.41, 5.74) is 1.40. The molecule has 2 aliphatic heterocycles. The molecule has 1 aromatic rings. The maximum absolute atomic E-state index is 5.76. The summed E-state index contributed by atoms with van der Waals surface area (Å²) in [6.07, 6.45) is 5.13. The van der Waals surface area contributed by atoms with E-state index in [2.05, 4.69) is 18.3 Å². The van der Waals surface area contributed by atoms with Gasteiger partial charge in [-0.05, 0) is 30.9 Å². The molecule has 1 saturated heterocycles. The largest absolute Gasteiger partial charge is 0.467 e. The Hall–Kier alpha value is -0.800. The Labute approximate surface area is 96.2 Å². The minimum absolute atomic E-state index is 0.0214. The fourth-order valence-electron chi connectivity index (χ4n) is 3.25. The topological polar surface area (TPSA) is 34.4 Å². The zero-order valence-corrected chi connectivity index (χ0v) is 9.79. The lowest BCUT2D eigenvalue weighted by Gasteiger charge is -2.40. The predicted molar refractivity (Wildman–Crippen MR) is 61.3 cm³/mol. The van der Waals surface area contributed by atoms with Gasteiger partial charge >= 0.3 is 0 Å².